The average Bonchev–Trinajstić information content (AvgIpc) is 3.54. The molecule has 190 valence electrons. The van der Waals surface area contributed by atoms with Crippen LogP contribution in [0.2, 0.25) is 0 Å². The lowest BCUT2D eigenvalue weighted by Crippen LogP contribution is -2.48. The van der Waals surface area contributed by atoms with Crippen LogP contribution in [0.15, 0.2) is 55.1 Å². The highest BCUT2D eigenvalue weighted by atomic mass is 19.1. The summed E-state index contributed by atoms with van der Waals surface area (Å²) in [5.74, 6) is -2.68. The molecular weight excluding hydrogens is 468 g/mol. The topological polar surface area (TPSA) is 72.7 Å². The first-order valence-corrected chi connectivity index (χ1v) is 12.1. The first-order chi connectivity index (χ1) is 17.4. The molecule has 2 fully saturated rings. The molecule has 2 atom stereocenters. The van der Waals surface area contributed by atoms with E-state index in [0.29, 0.717) is 6.42 Å². The van der Waals surface area contributed by atoms with E-state index in [4.69, 9.17) is 9.47 Å². The molecule has 1 amide bonds. The number of benzene rings is 2. The Morgan fingerprint density at radius 3 is 2.56 bits per heavy atom. The van der Waals surface area contributed by atoms with E-state index in [9.17, 15) is 13.6 Å². The average molecular weight is 498 g/mol. The van der Waals surface area contributed by atoms with E-state index in [-0.39, 0.29) is 30.7 Å². The van der Waals surface area contributed by atoms with Crippen LogP contribution >= 0.6 is 0 Å². The van der Waals surface area contributed by atoms with Crippen LogP contribution in [0, 0.1) is 11.6 Å². The second-order valence-electron chi connectivity index (χ2n) is 9.22. The number of ether oxygens (including phenoxy) is 2. The summed E-state index contributed by atoms with van der Waals surface area (Å²) in [7, 11) is 0. The number of hydrogen-bond donors (Lipinski definition) is 0. The van der Waals surface area contributed by atoms with Crippen molar-refractivity contribution in [3.8, 4) is 0 Å². The molecule has 2 aliphatic rings. The summed E-state index contributed by atoms with van der Waals surface area (Å²) in [6, 6.07) is 11.8. The zero-order valence-corrected chi connectivity index (χ0v) is 20.1. The van der Waals surface area contributed by atoms with Crippen molar-refractivity contribution >= 4 is 11.6 Å². The Kier molecular flexibility index (Phi) is 6.97. The molecule has 2 saturated heterocycles. The minimum Gasteiger partial charge on any atom is -0.368 e. The molecule has 36 heavy (non-hydrogen) atoms. The molecule has 0 N–H and O–H groups in total. The Morgan fingerprint density at radius 2 is 1.89 bits per heavy atom. The number of amides is 1. The van der Waals surface area contributed by atoms with Crippen molar-refractivity contribution in [2.75, 3.05) is 37.7 Å². The molecule has 5 rings (SSSR count). The van der Waals surface area contributed by atoms with Crippen molar-refractivity contribution in [2.45, 2.75) is 38.2 Å². The van der Waals surface area contributed by atoms with Gasteiger partial charge >= 0.3 is 0 Å². The SMILES string of the molecule is CC(=O)N1CCN(c2ccc(CCC3COC(Cn4cncn4)(c4ccc(F)cc4F)O3)cc2)CC1. The summed E-state index contributed by atoms with van der Waals surface area (Å²) < 4.78 is 42.1. The number of piperazine rings is 1. The molecule has 2 aromatic carbocycles. The van der Waals surface area contributed by atoms with Crippen molar-refractivity contribution in [2.24, 2.45) is 0 Å². The maximum Gasteiger partial charge on any atom is 0.219 e. The van der Waals surface area contributed by atoms with Crippen LogP contribution in [0.1, 0.15) is 24.5 Å². The minimum atomic E-state index is -1.41. The molecule has 0 aliphatic carbocycles. The summed E-state index contributed by atoms with van der Waals surface area (Å²) in [5.41, 5.74) is 2.43. The minimum absolute atomic E-state index is 0.0949. The zero-order valence-electron chi connectivity index (χ0n) is 20.1. The second kappa shape index (κ2) is 10.3. The van der Waals surface area contributed by atoms with Crippen molar-refractivity contribution in [3.05, 3.63) is 77.9 Å². The van der Waals surface area contributed by atoms with E-state index in [1.165, 1.54) is 29.5 Å². The number of anilines is 1. The van der Waals surface area contributed by atoms with Gasteiger partial charge in [-0.15, -0.1) is 0 Å². The Bertz CT molecular complexity index is 1180. The number of aromatic nitrogens is 3. The predicted molar refractivity (Wildman–Crippen MR) is 128 cm³/mol. The van der Waals surface area contributed by atoms with Gasteiger partial charge in [-0.05, 0) is 42.7 Å². The third-order valence-electron chi connectivity index (χ3n) is 6.82. The highest BCUT2D eigenvalue weighted by molar-refractivity contribution is 5.73. The van der Waals surface area contributed by atoms with Crippen molar-refractivity contribution < 1.29 is 23.0 Å². The quantitative estimate of drug-likeness (QED) is 0.500. The lowest BCUT2D eigenvalue weighted by molar-refractivity contribution is -0.190. The second-order valence-corrected chi connectivity index (χ2v) is 9.22. The van der Waals surface area contributed by atoms with Crippen LogP contribution in [0.5, 0.6) is 0 Å². The lowest BCUT2D eigenvalue weighted by Gasteiger charge is -2.35. The third-order valence-corrected chi connectivity index (χ3v) is 6.82. The van der Waals surface area contributed by atoms with Gasteiger partial charge in [0.05, 0.1) is 12.7 Å². The van der Waals surface area contributed by atoms with Gasteiger partial charge in [-0.2, -0.15) is 5.10 Å². The van der Waals surface area contributed by atoms with Crippen molar-refractivity contribution in [1.82, 2.24) is 19.7 Å². The van der Waals surface area contributed by atoms with Gasteiger partial charge in [-0.25, -0.2) is 18.4 Å². The Balaban J connectivity index is 1.22. The zero-order chi connectivity index (χ0) is 25.1. The number of carbonyl (C=O) groups excluding carboxylic acids is 1. The van der Waals surface area contributed by atoms with Gasteiger partial charge in [0.25, 0.3) is 0 Å². The van der Waals surface area contributed by atoms with Gasteiger partial charge in [0.1, 0.15) is 30.8 Å². The molecule has 0 spiro atoms. The molecular formula is C26H29F2N5O3. The van der Waals surface area contributed by atoms with Crippen LogP contribution in [-0.4, -0.2) is 64.5 Å². The highest BCUT2D eigenvalue weighted by Gasteiger charge is 2.45. The van der Waals surface area contributed by atoms with Crippen LogP contribution in [-0.2, 0) is 33.0 Å². The number of rotatable bonds is 7. The van der Waals surface area contributed by atoms with Crippen LogP contribution < -0.4 is 4.90 Å². The van der Waals surface area contributed by atoms with E-state index >= 15 is 0 Å². The van der Waals surface area contributed by atoms with Crippen molar-refractivity contribution in [3.63, 3.8) is 0 Å². The Labute approximate surface area is 208 Å². The fourth-order valence-corrected chi connectivity index (χ4v) is 4.82. The van der Waals surface area contributed by atoms with Gasteiger partial charge in [-0.1, -0.05) is 12.1 Å². The number of hydrogen-bond acceptors (Lipinski definition) is 6. The van der Waals surface area contributed by atoms with Gasteiger partial charge in [0.15, 0.2) is 0 Å². The molecule has 2 aliphatic heterocycles. The van der Waals surface area contributed by atoms with Crippen LogP contribution in [0.25, 0.3) is 0 Å². The summed E-state index contributed by atoms with van der Waals surface area (Å²) in [5, 5.41) is 4.10. The Hall–Kier alpha value is -3.37. The normalized spacial score (nSPS) is 22.2. The highest BCUT2D eigenvalue weighted by Crippen LogP contribution is 2.38. The number of aryl methyl sites for hydroxylation is 1. The summed E-state index contributed by atoms with van der Waals surface area (Å²) in [6.45, 7) is 5.10. The van der Waals surface area contributed by atoms with Crippen molar-refractivity contribution in [1.29, 1.82) is 0 Å². The summed E-state index contributed by atoms with van der Waals surface area (Å²) in [4.78, 5) is 19.6. The molecule has 0 radical (unpaired) electrons. The third kappa shape index (κ3) is 5.24. The molecule has 1 aromatic heterocycles. The molecule has 10 heteroatoms. The maximum absolute atomic E-state index is 14.7. The molecule has 8 nitrogen and oxygen atoms in total. The van der Waals surface area contributed by atoms with E-state index in [1.54, 1.807) is 6.92 Å². The number of nitrogens with zero attached hydrogens (tertiary/aromatic N) is 5. The predicted octanol–water partition coefficient (Wildman–Crippen LogP) is 3.13. The molecule has 3 aromatic rings. The van der Waals surface area contributed by atoms with E-state index < -0.39 is 17.4 Å². The van der Waals surface area contributed by atoms with E-state index in [2.05, 4.69) is 39.2 Å². The van der Waals surface area contributed by atoms with Gasteiger partial charge in [0, 0.05) is 50.4 Å². The van der Waals surface area contributed by atoms with E-state index in [0.717, 1.165) is 49.9 Å². The number of halogens is 2. The smallest absolute Gasteiger partial charge is 0.219 e. The first kappa shape index (κ1) is 24.3. The standard InChI is InChI=1S/C26H29F2N5O3/c1-19(34)31-10-12-32(13-11-31)22-6-2-20(3-7-22)4-8-23-15-35-26(36-23,16-33-18-29-17-30-33)24-9-5-21(27)14-25(24)28/h2-3,5-7,9,14,17-18,23H,4,8,10-13,15-16H2,1H3. The van der Waals surface area contributed by atoms with Gasteiger partial charge in [-0.3, -0.25) is 4.79 Å². The summed E-state index contributed by atoms with van der Waals surface area (Å²) >= 11 is 0. The summed E-state index contributed by atoms with van der Waals surface area (Å²) in [6.07, 6.45) is 4.06. The largest absolute Gasteiger partial charge is 0.368 e. The first-order valence-electron chi connectivity index (χ1n) is 12.1. The molecule has 0 saturated carbocycles. The van der Waals surface area contributed by atoms with Crippen LogP contribution in [0.3, 0.4) is 0 Å². The molecule has 0 bridgehead atoms. The monoisotopic (exact) mass is 497 g/mol. The maximum atomic E-state index is 14.7. The van der Waals surface area contributed by atoms with Gasteiger partial charge < -0.3 is 19.3 Å². The molecule has 3 heterocycles. The van der Waals surface area contributed by atoms with Crippen LogP contribution in [0.4, 0.5) is 14.5 Å². The molecule has 2 unspecified atom stereocenters. The fourth-order valence-electron chi connectivity index (χ4n) is 4.82. The number of carbonyl (C=O) groups is 1. The Morgan fingerprint density at radius 1 is 1.11 bits per heavy atom. The lowest BCUT2D eigenvalue weighted by atomic mass is 10.0. The van der Waals surface area contributed by atoms with E-state index in [1.807, 2.05) is 4.90 Å². The van der Waals surface area contributed by atoms with Gasteiger partial charge in [0.2, 0.25) is 11.7 Å². The fraction of sp³-hybridized carbons (Fsp3) is 0.423.